The minimum Gasteiger partial charge on any atom is -0.369 e. The number of rotatable bonds is 2. The van der Waals surface area contributed by atoms with Crippen LogP contribution in [0.15, 0.2) is 22.3 Å². The van der Waals surface area contributed by atoms with Gasteiger partial charge in [-0.15, -0.1) is 5.10 Å². The minimum atomic E-state index is -5.11. The third-order valence-corrected chi connectivity index (χ3v) is 1.73. The Morgan fingerprint density at radius 2 is 1.61 bits per heavy atom. The molecule has 0 heterocycles. The average Bonchev–Trinajstić information content (AvgIpc) is 2.12. The molecule has 0 aliphatic carbocycles. The van der Waals surface area contributed by atoms with Gasteiger partial charge in [0.05, 0.1) is 6.21 Å². The lowest BCUT2D eigenvalue weighted by molar-refractivity contribution is -0.142. The van der Waals surface area contributed by atoms with Gasteiger partial charge in [-0.2, -0.15) is 18.3 Å². The van der Waals surface area contributed by atoms with Gasteiger partial charge in [0.1, 0.15) is 17.2 Å². The number of alkyl halides is 3. The van der Waals surface area contributed by atoms with E-state index in [1.54, 1.807) is 0 Å². The summed E-state index contributed by atoms with van der Waals surface area (Å²) in [6.07, 6.45) is -4.30. The molecule has 0 atom stereocenters. The number of guanidine groups is 1. The van der Waals surface area contributed by atoms with Crippen molar-refractivity contribution >= 4 is 12.2 Å². The largest absolute Gasteiger partial charge is 0.422 e. The Balaban J connectivity index is 3.15. The van der Waals surface area contributed by atoms with E-state index >= 15 is 0 Å². The molecular weight excluding hydrogens is 259 g/mol. The van der Waals surface area contributed by atoms with Crippen LogP contribution < -0.4 is 11.5 Å². The Morgan fingerprint density at radius 3 is 2.00 bits per heavy atom. The first kappa shape index (κ1) is 13.9. The normalized spacial score (nSPS) is 11.8. The van der Waals surface area contributed by atoms with Crippen LogP contribution in [-0.2, 0) is 6.18 Å². The number of halogens is 5. The van der Waals surface area contributed by atoms with Crippen molar-refractivity contribution < 1.29 is 22.0 Å². The fourth-order valence-corrected chi connectivity index (χ4v) is 1.10. The summed E-state index contributed by atoms with van der Waals surface area (Å²) < 4.78 is 62.9. The third kappa shape index (κ3) is 3.40. The summed E-state index contributed by atoms with van der Waals surface area (Å²) in [6, 6.07) is 0.940. The topological polar surface area (TPSA) is 76.8 Å². The number of benzene rings is 1. The summed E-state index contributed by atoms with van der Waals surface area (Å²) in [5.41, 5.74) is 7.63. The van der Waals surface area contributed by atoms with E-state index < -0.39 is 29.3 Å². The van der Waals surface area contributed by atoms with Gasteiger partial charge in [-0.05, 0) is 12.1 Å². The van der Waals surface area contributed by atoms with E-state index in [0.29, 0.717) is 12.1 Å². The average molecular weight is 266 g/mol. The molecule has 1 aromatic carbocycles. The zero-order valence-corrected chi connectivity index (χ0v) is 8.67. The summed E-state index contributed by atoms with van der Waals surface area (Å²) in [7, 11) is 0. The molecule has 0 saturated carbocycles. The number of nitrogens with two attached hydrogens (primary N) is 2. The molecule has 0 aliphatic heterocycles. The summed E-state index contributed by atoms with van der Waals surface area (Å²) in [5.74, 6) is -3.89. The predicted molar refractivity (Wildman–Crippen MR) is 54.8 cm³/mol. The maximum Gasteiger partial charge on any atom is 0.422 e. The minimum absolute atomic E-state index is 0.247. The van der Waals surface area contributed by atoms with Crippen LogP contribution in [0.4, 0.5) is 22.0 Å². The molecule has 1 rings (SSSR count). The molecule has 0 unspecified atom stereocenters. The third-order valence-electron chi connectivity index (χ3n) is 1.73. The molecule has 0 radical (unpaired) electrons. The number of nitrogens with zero attached hydrogens (tertiary/aromatic N) is 2. The van der Waals surface area contributed by atoms with Gasteiger partial charge < -0.3 is 11.5 Å². The molecule has 4 N–H and O–H groups in total. The van der Waals surface area contributed by atoms with Crippen molar-refractivity contribution in [3.8, 4) is 0 Å². The van der Waals surface area contributed by atoms with E-state index in [1.165, 1.54) is 0 Å². The van der Waals surface area contributed by atoms with Gasteiger partial charge >= 0.3 is 6.18 Å². The lowest BCUT2D eigenvalue weighted by Gasteiger charge is -2.09. The van der Waals surface area contributed by atoms with Gasteiger partial charge in [-0.25, -0.2) is 8.78 Å². The van der Waals surface area contributed by atoms with Gasteiger partial charge in [0.25, 0.3) is 0 Å². The van der Waals surface area contributed by atoms with Gasteiger partial charge in [0, 0.05) is 5.56 Å². The van der Waals surface area contributed by atoms with E-state index in [-0.39, 0.29) is 5.56 Å². The van der Waals surface area contributed by atoms with E-state index in [1.807, 2.05) is 0 Å². The number of hydrogen-bond donors (Lipinski definition) is 2. The van der Waals surface area contributed by atoms with Crippen LogP contribution in [0.25, 0.3) is 0 Å². The molecule has 98 valence electrons. The molecule has 0 fully saturated rings. The first-order valence-electron chi connectivity index (χ1n) is 4.40. The van der Waals surface area contributed by atoms with Crippen LogP contribution in [0.5, 0.6) is 0 Å². The van der Waals surface area contributed by atoms with E-state index in [4.69, 9.17) is 11.5 Å². The lowest BCUT2D eigenvalue weighted by atomic mass is 10.1. The second-order valence-corrected chi connectivity index (χ2v) is 3.13. The summed E-state index contributed by atoms with van der Waals surface area (Å²) in [6.45, 7) is 0. The Hall–Kier alpha value is -2.19. The molecule has 4 nitrogen and oxygen atoms in total. The van der Waals surface area contributed by atoms with Gasteiger partial charge in [-0.1, -0.05) is 0 Å². The molecular formula is C9H7F5N4. The summed E-state index contributed by atoms with van der Waals surface area (Å²) in [4.78, 5) is 0. The summed E-state index contributed by atoms with van der Waals surface area (Å²) >= 11 is 0. The fraction of sp³-hybridized carbons (Fsp3) is 0.111. The van der Waals surface area contributed by atoms with Crippen molar-refractivity contribution in [3.63, 3.8) is 0 Å². The molecule has 9 heteroatoms. The van der Waals surface area contributed by atoms with Crippen LogP contribution >= 0.6 is 0 Å². The van der Waals surface area contributed by atoms with E-state index in [9.17, 15) is 22.0 Å². The first-order chi connectivity index (χ1) is 8.21. The van der Waals surface area contributed by atoms with E-state index in [2.05, 4.69) is 10.2 Å². The summed E-state index contributed by atoms with van der Waals surface area (Å²) in [5, 5.41) is 6.34. The van der Waals surface area contributed by atoms with Crippen molar-refractivity contribution in [1.29, 1.82) is 0 Å². The van der Waals surface area contributed by atoms with Crippen molar-refractivity contribution in [1.82, 2.24) is 0 Å². The van der Waals surface area contributed by atoms with Crippen LogP contribution in [0.2, 0.25) is 0 Å². The zero-order chi connectivity index (χ0) is 13.9. The standard InChI is InChI=1S/C9H7F5N4/c10-5-1-4(3-17-18-8(15)16)2-6(11)7(5)9(12,13)14/h1-3H,(H4,15,16,18). The van der Waals surface area contributed by atoms with Crippen LogP contribution in [-0.4, -0.2) is 12.2 Å². The molecule has 1 aromatic rings. The highest BCUT2D eigenvalue weighted by molar-refractivity contribution is 5.81. The molecule has 0 amide bonds. The Bertz CT molecular complexity index is 479. The second-order valence-electron chi connectivity index (χ2n) is 3.13. The maximum absolute atomic E-state index is 13.1. The van der Waals surface area contributed by atoms with Gasteiger partial charge in [0.2, 0.25) is 5.96 Å². The molecule has 0 bridgehead atoms. The van der Waals surface area contributed by atoms with Gasteiger partial charge in [-0.3, -0.25) is 0 Å². The fourth-order valence-electron chi connectivity index (χ4n) is 1.10. The Morgan fingerprint density at radius 1 is 1.11 bits per heavy atom. The predicted octanol–water partition coefficient (Wildman–Crippen LogP) is 1.59. The highest BCUT2D eigenvalue weighted by Gasteiger charge is 2.37. The highest BCUT2D eigenvalue weighted by atomic mass is 19.4. The van der Waals surface area contributed by atoms with Crippen molar-refractivity contribution in [2.75, 3.05) is 0 Å². The zero-order valence-electron chi connectivity index (χ0n) is 8.67. The van der Waals surface area contributed by atoms with Gasteiger partial charge in [0.15, 0.2) is 0 Å². The van der Waals surface area contributed by atoms with Crippen molar-refractivity contribution in [2.24, 2.45) is 21.7 Å². The van der Waals surface area contributed by atoms with Crippen molar-refractivity contribution in [3.05, 3.63) is 34.9 Å². The smallest absolute Gasteiger partial charge is 0.369 e. The van der Waals surface area contributed by atoms with Crippen LogP contribution in [0.3, 0.4) is 0 Å². The molecule has 0 saturated heterocycles. The monoisotopic (exact) mass is 266 g/mol. The molecule has 0 aliphatic rings. The molecule has 0 aromatic heterocycles. The maximum atomic E-state index is 13.1. The Labute approximate surface area is 97.8 Å². The van der Waals surface area contributed by atoms with E-state index in [0.717, 1.165) is 6.21 Å². The van der Waals surface area contributed by atoms with Crippen LogP contribution in [0.1, 0.15) is 11.1 Å². The van der Waals surface area contributed by atoms with Crippen LogP contribution in [0, 0.1) is 11.6 Å². The van der Waals surface area contributed by atoms with Crippen molar-refractivity contribution in [2.45, 2.75) is 6.18 Å². The second kappa shape index (κ2) is 4.98. The quantitative estimate of drug-likeness (QED) is 0.369. The molecule has 0 spiro atoms. The number of hydrogen-bond acceptors (Lipinski definition) is 2. The molecule has 18 heavy (non-hydrogen) atoms. The first-order valence-corrected chi connectivity index (χ1v) is 4.40. The SMILES string of the molecule is NC(N)=NN=Cc1cc(F)c(C(F)(F)F)c(F)c1. The highest BCUT2D eigenvalue weighted by Crippen LogP contribution is 2.33. The Kier molecular flexibility index (Phi) is 3.84. The lowest BCUT2D eigenvalue weighted by Crippen LogP contribution is -2.21.